The average molecular weight is 385 g/mol. The van der Waals surface area contributed by atoms with E-state index in [1.807, 2.05) is 24.3 Å². The molecule has 0 fully saturated rings. The van der Waals surface area contributed by atoms with Gasteiger partial charge in [-0.05, 0) is 31.5 Å². The van der Waals surface area contributed by atoms with Gasteiger partial charge in [0, 0.05) is 18.7 Å². The number of aromatic hydroxyl groups is 1. The van der Waals surface area contributed by atoms with E-state index in [2.05, 4.69) is 5.32 Å². The summed E-state index contributed by atoms with van der Waals surface area (Å²) in [5.41, 5.74) is 0.413. The fraction of sp³-hybridized carbons (Fsp3) is 0.333. The molecule has 0 unspecified atom stereocenters. The van der Waals surface area contributed by atoms with Gasteiger partial charge >= 0.3 is 0 Å². The summed E-state index contributed by atoms with van der Waals surface area (Å²) >= 11 is 0. The number of rotatable bonds is 6. The van der Waals surface area contributed by atoms with Gasteiger partial charge in [0.05, 0.1) is 13.5 Å². The number of Topliss-reactive ketones (excluding diaryl/α,β-unsaturated/α-hetero) is 1. The number of phenolic OH excluding ortho intramolecular Hbond substituents is 1. The second kappa shape index (κ2) is 7.80. The number of ketones is 1. The molecular weight excluding hydrogens is 362 g/mol. The van der Waals surface area contributed by atoms with Crippen LogP contribution in [-0.4, -0.2) is 36.1 Å². The number of carbonyl (C=O) groups is 2. The summed E-state index contributed by atoms with van der Waals surface area (Å²) < 4.78 is 16.3. The molecule has 28 heavy (non-hydrogen) atoms. The molecule has 0 atom stereocenters. The fourth-order valence-electron chi connectivity index (χ4n) is 2.97. The zero-order chi connectivity index (χ0) is 20.3. The minimum atomic E-state index is -0.662. The standard InChI is InChI=1S/C21H23NO6/c1-21(2)10-17(24)20-16(23)8-15(9-18(20)28-21)27-12-19(25)22-11-13-4-6-14(26-3)7-5-13/h4-9,23H,10-12H2,1-3H3,(H,22,25). The highest BCUT2D eigenvalue weighted by atomic mass is 16.5. The van der Waals surface area contributed by atoms with Gasteiger partial charge < -0.3 is 24.6 Å². The molecule has 0 bridgehead atoms. The molecule has 2 N–H and O–H groups in total. The van der Waals surface area contributed by atoms with Crippen LogP contribution in [0, 0.1) is 0 Å². The Morgan fingerprint density at radius 1 is 1.21 bits per heavy atom. The third-order valence-electron chi connectivity index (χ3n) is 4.32. The number of hydrogen-bond acceptors (Lipinski definition) is 6. The molecule has 1 heterocycles. The van der Waals surface area contributed by atoms with E-state index in [-0.39, 0.29) is 47.5 Å². The summed E-state index contributed by atoms with van der Waals surface area (Å²) in [5.74, 6) is 0.537. The number of phenols is 1. The summed E-state index contributed by atoms with van der Waals surface area (Å²) in [7, 11) is 1.59. The predicted molar refractivity (Wildman–Crippen MR) is 102 cm³/mol. The van der Waals surface area contributed by atoms with Crippen LogP contribution in [0.15, 0.2) is 36.4 Å². The van der Waals surface area contributed by atoms with Gasteiger partial charge in [0.25, 0.3) is 5.91 Å². The Balaban J connectivity index is 1.59. The van der Waals surface area contributed by atoms with Gasteiger partial charge in [-0.15, -0.1) is 0 Å². The Morgan fingerprint density at radius 3 is 2.61 bits per heavy atom. The van der Waals surface area contributed by atoms with Crippen LogP contribution in [0.5, 0.6) is 23.0 Å². The number of ether oxygens (including phenoxy) is 3. The Morgan fingerprint density at radius 2 is 1.93 bits per heavy atom. The summed E-state index contributed by atoms with van der Waals surface area (Å²) in [6.45, 7) is 3.72. The molecule has 0 saturated heterocycles. The van der Waals surface area contributed by atoms with Crippen LogP contribution < -0.4 is 19.5 Å². The molecule has 0 saturated carbocycles. The first-order chi connectivity index (χ1) is 13.3. The first kappa shape index (κ1) is 19.5. The maximum Gasteiger partial charge on any atom is 0.258 e. The lowest BCUT2D eigenvalue weighted by Crippen LogP contribution is -2.36. The van der Waals surface area contributed by atoms with E-state index >= 15 is 0 Å². The molecule has 1 amide bonds. The van der Waals surface area contributed by atoms with Crippen LogP contribution in [-0.2, 0) is 11.3 Å². The highest BCUT2D eigenvalue weighted by molar-refractivity contribution is 6.03. The first-order valence-electron chi connectivity index (χ1n) is 8.89. The Bertz CT molecular complexity index is 889. The Kier molecular flexibility index (Phi) is 5.44. The average Bonchev–Trinajstić information content (AvgIpc) is 2.63. The van der Waals surface area contributed by atoms with Crippen molar-refractivity contribution in [3.8, 4) is 23.0 Å². The SMILES string of the molecule is COc1ccc(CNC(=O)COc2cc(O)c3c(c2)OC(C)(C)CC3=O)cc1. The van der Waals surface area contributed by atoms with E-state index < -0.39 is 5.60 Å². The van der Waals surface area contributed by atoms with Crippen molar-refractivity contribution in [2.45, 2.75) is 32.4 Å². The molecule has 0 radical (unpaired) electrons. The van der Waals surface area contributed by atoms with E-state index in [4.69, 9.17) is 14.2 Å². The maximum absolute atomic E-state index is 12.2. The van der Waals surface area contributed by atoms with Crippen LogP contribution in [0.2, 0.25) is 0 Å². The van der Waals surface area contributed by atoms with Gasteiger partial charge in [-0.2, -0.15) is 0 Å². The summed E-state index contributed by atoms with van der Waals surface area (Å²) in [6, 6.07) is 10.2. The Labute approximate surface area is 163 Å². The monoisotopic (exact) mass is 385 g/mol. The molecule has 1 aliphatic heterocycles. The molecule has 2 aromatic rings. The van der Waals surface area contributed by atoms with E-state index in [1.54, 1.807) is 21.0 Å². The van der Waals surface area contributed by atoms with Crippen LogP contribution in [0.1, 0.15) is 36.2 Å². The van der Waals surface area contributed by atoms with Crippen LogP contribution in [0.4, 0.5) is 0 Å². The van der Waals surface area contributed by atoms with Gasteiger partial charge in [-0.25, -0.2) is 0 Å². The minimum Gasteiger partial charge on any atom is -0.507 e. The maximum atomic E-state index is 12.2. The second-order valence-electron chi connectivity index (χ2n) is 7.19. The topological polar surface area (TPSA) is 94.1 Å². The molecule has 0 aromatic heterocycles. The molecule has 148 valence electrons. The van der Waals surface area contributed by atoms with E-state index in [0.29, 0.717) is 6.54 Å². The molecule has 0 spiro atoms. The van der Waals surface area contributed by atoms with Crippen molar-refractivity contribution in [1.82, 2.24) is 5.32 Å². The lowest BCUT2D eigenvalue weighted by Gasteiger charge is -2.32. The zero-order valence-corrected chi connectivity index (χ0v) is 16.1. The summed E-state index contributed by atoms with van der Waals surface area (Å²) in [4.78, 5) is 24.2. The van der Waals surface area contributed by atoms with Crippen molar-refractivity contribution < 1.29 is 28.9 Å². The second-order valence-corrected chi connectivity index (χ2v) is 7.19. The van der Waals surface area contributed by atoms with Gasteiger partial charge in [0.1, 0.15) is 34.2 Å². The number of hydrogen-bond donors (Lipinski definition) is 2. The van der Waals surface area contributed by atoms with Crippen LogP contribution in [0.25, 0.3) is 0 Å². The fourth-order valence-corrected chi connectivity index (χ4v) is 2.97. The van der Waals surface area contributed by atoms with E-state index in [9.17, 15) is 14.7 Å². The van der Waals surface area contributed by atoms with Gasteiger partial charge in [0.2, 0.25) is 0 Å². The molecule has 0 aliphatic carbocycles. The van der Waals surface area contributed by atoms with Crippen molar-refractivity contribution in [3.63, 3.8) is 0 Å². The smallest absolute Gasteiger partial charge is 0.258 e. The molecule has 3 rings (SSSR count). The number of amides is 1. The van der Waals surface area contributed by atoms with Crippen molar-refractivity contribution in [3.05, 3.63) is 47.5 Å². The number of carbonyl (C=O) groups excluding carboxylic acids is 2. The number of fused-ring (bicyclic) bond motifs is 1. The molecule has 7 nitrogen and oxygen atoms in total. The first-order valence-corrected chi connectivity index (χ1v) is 8.89. The van der Waals surface area contributed by atoms with Crippen LogP contribution in [0.3, 0.4) is 0 Å². The van der Waals surface area contributed by atoms with Gasteiger partial charge in [-0.3, -0.25) is 9.59 Å². The van der Waals surface area contributed by atoms with Gasteiger partial charge in [0.15, 0.2) is 12.4 Å². The lowest BCUT2D eigenvalue weighted by atomic mass is 9.92. The quantitative estimate of drug-likeness (QED) is 0.794. The normalized spacial score (nSPS) is 14.6. The van der Waals surface area contributed by atoms with Crippen molar-refractivity contribution in [2.24, 2.45) is 0 Å². The molecule has 2 aromatic carbocycles. The van der Waals surface area contributed by atoms with Gasteiger partial charge in [-0.1, -0.05) is 12.1 Å². The third-order valence-corrected chi connectivity index (χ3v) is 4.32. The van der Waals surface area contributed by atoms with Crippen LogP contribution >= 0.6 is 0 Å². The predicted octanol–water partition coefficient (Wildman–Crippen LogP) is 2.84. The minimum absolute atomic E-state index is 0.149. The number of nitrogens with one attached hydrogen (secondary N) is 1. The lowest BCUT2D eigenvalue weighted by molar-refractivity contribution is -0.123. The van der Waals surface area contributed by atoms with E-state index in [0.717, 1.165) is 11.3 Å². The Hall–Kier alpha value is -3.22. The molecule has 7 heteroatoms. The number of methoxy groups -OCH3 is 1. The summed E-state index contributed by atoms with van der Waals surface area (Å²) in [5, 5.41) is 12.9. The van der Waals surface area contributed by atoms with Crippen molar-refractivity contribution in [1.29, 1.82) is 0 Å². The van der Waals surface area contributed by atoms with Crippen molar-refractivity contribution in [2.75, 3.05) is 13.7 Å². The summed E-state index contributed by atoms with van der Waals surface area (Å²) in [6.07, 6.45) is 0.182. The van der Waals surface area contributed by atoms with E-state index in [1.165, 1.54) is 12.1 Å². The zero-order valence-electron chi connectivity index (χ0n) is 16.1. The molecular formula is C21H23NO6. The van der Waals surface area contributed by atoms with Crippen molar-refractivity contribution >= 4 is 11.7 Å². The number of benzene rings is 2. The third kappa shape index (κ3) is 4.54. The highest BCUT2D eigenvalue weighted by Gasteiger charge is 2.34. The molecule has 1 aliphatic rings. The largest absolute Gasteiger partial charge is 0.507 e. The highest BCUT2D eigenvalue weighted by Crippen LogP contribution is 2.40.